The smallest absolute Gasteiger partial charge is 0.258 e. The molecule has 24 heavy (non-hydrogen) atoms. The Bertz CT molecular complexity index is 686. The number of carbonyl (C=O) groups is 1. The van der Waals surface area contributed by atoms with Crippen LogP contribution in [-0.2, 0) is 4.74 Å². The van der Waals surface area contributed by atoms with Gasteiger partial charge in [-0.05, 0) is 57.9 Å². The molecule has 3 nitrogen and oxygen atoms in total. The normalized spacial score (nSPS) is 17.7. The highest BCUT2D eigenvalue weighted by molar-refractivity contribution is 6.07. The minimum Gasteiger partial charge on any atom is -0.376 e. The maximum atomic E-state index is 13.3. The van der Waals surface area contributed by atoms with E-state index in [4.69, 9.17) is 4.74 Å². The van der Waals surface area contributed by atoms with Crippen molar-refractivity contribution in [2.75, 3.05) is 11.5 Å². The number of aryl methyl sites for hydroxylation is 1. The molecule has 1 saturated heterocycles. The maximum Gasteiger partial charge on any atom is 0.258 e. The first kappa shape index (κ1) is 16.7. The molecule has 0 aliphatic carbocycles. The standard InChI is InChI=1S/C21H25NO2/c1-16-11-13-18(14-12-16)22(20(23)17-8-5-4-6-9-17)21(2,3)19-10-7-15-24-19/h4-6,8-9,11-14,19H,7,10,15H2,1-3H3. The molecule has 3 heteroatoms. The predicted octanol–water partition coefficient (Wildman–Crippen LogP) is 4.60. The van der Waals surface area contributed by atoms with Gasteiger partial charge in [-0.15, -0.1) is 0 Å². The van der Waals surface area contributed by atoms with Crippen LogP contribution in [0.4, 0.5) is 5.69 Å². The number of amides is 1. The van der Waals surface area contributed by atoms with Gasteiger partial charge in [-0.25, -0.2) is 0 Å². The van der Waals surface area contributed by atoms with E-state index in [1.54, 1.807) is 0 Å². The highest BCUT2D eigenvalue weighted by Crippen LogP contribution is 2.34. The average molecular weight is 323 g/mol. The van der Waals surface area contributed by atoms with Gasteiger partial charge in [0.05, 0.1) is 11.6 Å². The van der Waals surface area contributed by atoms with Gasteiger partial charge in [-0.3, -0.25) is 4.79 Å². The highest BCUT2D eigenvalue weighted by Gasteiger charge is 2.41. The van der Waals surface area contributed by atoms with Gasteiger partial charge in [-0.2, -0.15) is 0 Å². The Morgan fingerprint density at radius 1 is 1.08 bits per heavy atom. The number of rotatable bonds is 4. The number of anilines is 1. The fourth-order valence-corrected chi connectivity index (χ4v) is 3.39. The lowest BCUT2D eigenvalue weighted by Gasteiger charge is -2.42. The Labute approximate surface area is 144 Å². The van der Waals surface area contributed by atoms with Crippen molar-refractivity contribution in [2.45, 2.75) is 45.3 Å². The number of nitrogens with zero attached hydrogens (tertiary/aromatic N) is 1. The summed E-state index contributed by atoms with van der Waals surface area (Å²) in [6.45, 7) is 7.03. The molecular formula is C21H25NO2. The van der Waals surface area contributed by atoms with Crippen molar-refractivity contribution < 1.29 is 9.53 Å². The Balaban J connectivity index is 2.03. The second kappa shape index (κ2) is 6.78. The molecule has 1 fully saturated rings. The minimum atomic E-state index is -0.418. The molecule has 1 aliphatic rings. The summed E-state index contributed by atoms with van der Waals surface area (Å²) >= 11 is 0. The zero-order valence-corrected chi connectivity index (χ0v) is 14.7. The lowest BCUT2D eigenvalue weighted by Crippen LogP contribution is -2.55. The summed E-state index contributed by atoms with van der Waals surface area (Å²) in [7, 11) is 0. The fourth-order valence-electron chi connectivity index (χ4n) is 3.39. The summed E-state index contributed by atoms with van der Waals surface area (Å²) in [5, 5.41) is 0. The van der Waals surface area contributed by atoms with Crippen LogP contribution in [0.3, 0.4) is 0 Å². The van der Waals surface area contributed by atoms with Crippen LogP contribution < -0.4 is 4.90 Å². The number of hydrogen-bond donors (Lipinski definition) is 0. The van der Waals surface area contributed by atoms with Gasteiger partial charge < -0.3 is 9.64 Å². The molecule has 1 atom stereocenters. The maximum absolute atomic E-state index is 13.3. The lowest BCUT2D eigenvalue weighted by atomic mass is 9.91. The van der Waals surface area contributed by atoms with Gasteiger partial charge in [0.15, 0.2) is 0 Å². The Morgan fingerprint density at radius 3 is 2.33 bits per heavy atom. The van der Waals surface area contributed by atoms with Crippen LogP contribution in [-0.4, -0.2) is 24.2 Å². The molecule has 1 aliphatic heterocycles. The van der Waals surface area contributed by atoms with E-state index < -0.39 is 5.54 Å². The summed E-state index contributed by atoms with van der Waals surface area (Å²) in [6.07, 6.45) is 2.08. The van der Waals surface area contributed by atoms with Crippen molar-refractivity contribution >= 4 is 11.6 Å². The van der Waals surface area contributed by atoms with Crippen molar-refractivity contribution in [3.63, 3.8) is 0 Å². The van der Waals surface area contributed by atoms with Crippen molar-refractivity contribution in [1.29, 1.82) is 0 Å². The highest BCUT2D eigenvalue weighted by atomic mass is 16.5. The van der Waals surface area contributed by atoms with Crippen molar-refractivity contribution in [2.24, 2.45) is 0 Å². The van der Waals surface area contributed by atoms with Crippen LogP contribution in [0, 0.1) is 6.92 Å². The van der Waals surface area contributed by atoms with Crippen LogP contribution in [0.25, 0.3) is 0 Å². The SMILES string of the molecule is Cc1ccc(N(C(=O)c2ccccc2)C(C)(C)C2CCCO2)cc1. The van der Waals surface area contributed by atoms with Crippen molar-refractivity contribution in [1.82, 2.24) is 0 Å². The van der Waals surface area contributed by atoms with Gasteiger partial charge in [-0.1, -0.05) is 35.9 Å². The zero-order valence-electron chi connectivity index (χ0n) is 14.7. The largest absolute Gasteiger partial charge is 0.376 e. The summed E-state index contributed by atoms with van der Waals surface area (Å²) in [6, 6.07) is 17.6. The van der Waals surface area contributed by atoms with E-state index >= 15 is 0 Å². The van der Waals surface area contributed by atoms with Crippen LogP contribution in [0.5, 0.6) is 0 Å². The molecule has 1 heterocycles. The molecular weight excluding hydrogens is 298 g/mol. The third-order valence-electron chi connectivity index (χ3n) is 4.81. The molecule has 0 spiro atoms. The minimum absolute atomic E-state index is 0.0138. The molecule has 2 aromatic carbocycles. The van der Waals surface area contributed by atoms with E-state index in [-0.39, 0.29) is 12.0 Å². The third-order valence-corrected chi connectivity index (χ3v) is 4.81. The van der Waals surface area contributed by atoms with Crippen LogP contribution >= 0.6 is 0 Å². The quantitative estimate of drug-likeness (QED) is 0.823. The Kier molecular flexibility index (Phi) is 4.72. The molecule has 0 saturated carbocycles. The van der Waals surface area contributed by atoms with Gasteiger partial charge in [0, 0.05) is 17.9 Å². The Hall–Kier alpha value is -2.13. The number of carbonyl (C=O) groups excluding carboxylic acids is 1. The van der Waals surface area contributed by atoms with Gasteiger partial charge in [0.1, 0.15) is 0 Å². The molecule has 0 bridgehead atoms. The molecule has 0 aromatic heterocycles. The number of benzene rings is 2. The van der Waals surface area contributed by atoms with Gasteiger partial charge in [0.2, 0.25) is 0 Å². The first-order valence-corrected chi connectivity index (χ1v) is 8.58. The first-order valence-electron chi connectivity index (χ1n) is 8.58. The molecule has 3 rings (SSSR count). The van der Waals surface area contributed by atoms with Crippen LogP contribution in [0.15, 0.2) is 54.6 Å². The second-order valence-corrected chi connectivity index (χ2v) is 7.00. The fraction of sp³-hybridized carbons (Fsp3) is 0.381. The predicted molar refractivity (Wildman–Crippen MR) is 97.5 cm³/mol. The van der Waals surface area contributed by atoms with Crippen molar-refractivity contribution in [3.8, 4) is 0 Å². The van der Waals surface area contributed by atoms with Gasteiger partial charge in [0.25, 0.3) is 5.91 Å². The van der Waals surface area contributed by atoms with Crippen LogP contribution in [0.1, 0.15) is 42.6 Å². The van der Waals surface area contributed by atoms with Crippen molar-refractivity contribution in [3.05, 3.63) is 65.7 Å². The van der Waals surface area contributed by atoms with E-state index in [2.05, 4.69) is 20.8 Å². The van der Waals surface area contributed by atoms with Gasteiger partial charge >= 0.3 is 0 Å². The van der Waals surface area contributed by atoms with E-state index in [1.807, 2.05) is 59.5 Å². The average Bonchev–Trinajstić information content (AvgIpc) is 3.13. The zero-order chi connectivity index (χ0) is 17.2. The Morgan fingerprint density at radius 2 is 1.75 bits per heavy atom. The molecule has 1 amide bonds. The molecule has 126 valence electrons. The van der Waals surface area contributed by atoms with E-state index in [0.717, 1.165) is 25.1 Å². The summed E-state index contributed by atoms with van der Waals surface area (Å²) in [5.74, 6) is 0.0138. The van der Waals surface area contributed by atoms with Crippen LogP contribution in [0.2, 0.25) is 0 Å². The van der Waals surface area contributed by atoms with E-state index in [9.17, 15) is 4.79 Å². The third kappa shape index (κ3) is 3.22. The molecule has 0 N–H and O–H groups in total. The molecule has 2 aromatic rings. The lowest BCUT2D eigenvalue weighted by molar-refractivity contribution is 0.0522. The summed E-state index contributed by atoms with van der Waals surface area (Å²) in [5.41, 5.74) is 2.37. The summed E-state index contributed by atoms with van der Waals surface area (Å²) in [4.78, 5) is 15.2. The first-order chi connectivity index (χ1) is 11.5. The summed E-state index contributed by atoms with van der Waals surface area (Å²) < 4.78 is 5.94. The topological polar surface area (TPSA) is 29.5 Å². The molecule has 1 unspecified atom stereocenters. The molecule has 0 radical (unpaired) electrons. The van der Waals surface area contributed by atoms with E-state index in [1.165, 1.54) is 5.56 Å². The van der Waals surface area contributed by atoms with E-state index in [0.29, 0.717) is 5.56 Å². The second-order valence-electron chi connectivity index (χ2n) is 7.00. The number of hydrogen-bond acceptors (Lipinski definition) is 2. The monoisotopic (exact) mass is 323 g/mol. The number of ether oxygens (including phenoxy) is 1.